The second-order valence-corrected chi connectivity index (χ2v) is 9.47. The first-order valence-electron chi connectivity index (χ1n) is 9.79. The summed E-state index contributed by atoms with van der Waals surface area (Å²) in [5.74, 6) is 0.463. The summed E-state index contributed by atoms with van der Waals surface area (Å²) in [5, 5.41) is 12.9. The van der Waals surface area contributed by atoms with Gasteiger partial charge in [0.15, 0.2) is 11.0 Å². The van der Waals surface area contributed by atoms with Crippen molar-refractivity contribution in [3.63, 3.8) is 0 Å². The summed E-state index contributed by atoms with van der Waals surface area (Å²) in [4.78, 5) is 25.7. The first-order chi connectivity index (χ1) is 15.8. The number of hydrogen-bond donors (Lipinski definition) is 1. The monoisotopic (exact) mass is 506 g/mol. The van der Waals surface area contributed by atoms with E-state index >= 15 is 0 Å². The molecule has 11 heteroatoms. The van der Waals surface area contributed by atoms with Gasteiger partial charge >= 0.3 is 5.97 Å². The maximum Gasteiger partial charge on any atom is 0.341 e. The summed E-state index contributed by atoms with van der Waals surface area (Å²) < 4.78 is 12.1. The lowest BCUT2D eigenvalue weighted by atomic mass is 10.1. The van der Waals surface area contributed by atoms with E-state index in [1.165, 1.54) is 30.2 Å². The van der Waals surface area contributed by atoms with E-state index < -0.39 is 5.97 Å². The van der Waals surface area contributed by atoms with E-state index in [0.717, 1.165) is 10.4 Å². The molecule has 0 aliphatic heterocycles. The third kappa shape index (κ3) is 5.40. The van der Waals surface area contributed by atoms with Gasteiger partial charge in [0.05, 0.1) is 31.1 Å². The highest BCUT2D eigenvalue weighted by molar-refractivity contribution is 7.99. The molecule has 2 heterocycles. The summed E-state index contributed by atoms with van der Waals surface area (Å²) >= 11 is 8.74. The van der Waals surface area contributed by atoms with E-state index in [1.54, 1.807) is 31.4 Å². The Morgan fingerprint density at radius 3 is 2.73 bits per heavy atom. The van der Waals surface area contributed by atoms with Crippen molar-refractivity contribution in [3.05, 3.63) is 51.9 Å². The van der Waals surface area contributed by atoms with E-state index in [0.29, 0.717) is 44.4 Å². The predicted molar refractivity (Wildman–Crippen MR) is 132 cm³/mol. The first-order valence-corrected chi connectivity index (χ1v) is 12.0. The highest BCUT2D eigenvalue weighted by Crippen LogP contribution is 2.35. The number of methoxy groups -OCH3 is 2. The van der Waals surface area contributed by atoms with E-state index in [2.05, 4.69) is 22.1 Å². The van der Waals surface area contributed by atoms with Crippen LogP contribution in [0.5, 0.6) is 5.75 Å². The third-order valence-corrected chi connectivity index (χ3v) is 7.12. The molecule has 1 N–H and O–H groups in total. The van der Waals surface area contributed by atoms with Gasteiger partial charge in [-0.3, -0.25) is 9.36 Å². The maximum atomic E-state index is 12.7. The minimum Gasteiger partial charge on any atom is -0.496 e. The van der Waals surface area contributed by atoms with Gasteiger partial charge in [-0.05, 0) is 37.6 Å². The Balaban J connectivity index is 1.81. The Hall–Kier alpha value is -2.82. The molecule has 0 saturated heterocycles. The van der Waals surface area contributed by atoms with Gasteiger partial charge < -0.3 is 14.8 Å². The van der Waals surface area contributed by atoms with Crippen LogP contribution >= 0.6 is 34.7 Å². The highest BCUT2D eigenvalue weighted by atomic mass is 35.5. The van der Waals surface area contributed by atoms with Crippen molar-refractivity contribution in [2.45, 2.75) is 25.5 Å². The number of amides is 1. The lowest BCUT2D eigenvalue weighted by Crippen LogP contribution is -2.16. The number of ether oxygens (including phenoxy) is 2. The number of nitrogens with one attached hydrogen (secondary N) is 1. The second kappa shape index (κ2) is 10.9. The number of carbonyl (C=O) groups is 2. The molecule has 0 unspecified atom stereocenters. The molecule has 3 rings (SSSR count). The molecule has 1 amide bonds. The largest absolute Gasteiger partial charge is 0.496 e. The number of thioether (sulfide) groups is 1. The number of aryl methyl sites for hydroxylation is 1. The smallest absolute Gasteiger partial charge is 0.341 e. The van der Waals surface area contributed by atoms with Gasteiger partial charge in [-0.15, -0.1) is 28.1 Å². The van der Waals surface area contributed by atoms with Crippen molar-refractivity contribution in [1.82, 2.24) is 14.8 Å². The zero-order valence-corrected chi connectivity index (χ0v) is 21.0. The number of carbonyl (C=O) groups excluding carboxylic acids is 2. The average molecular weight is 507 g/mol. The van der Waals surface area contributed by atoms with Gasteiger partial charge in [0.25, 0.3) is 0 Å². The molecule has 0 bridgehead atoms. The third-order valence-electron chi connectivity index (χ3n) is 4.79. The average Bonchev–Trinajstić information content (AvgIpc) is 3.32. The Morgan fingerprint density at radius 1 is 1.30 bits per heavy atom. The number of benzene rings is 1. The number of aromatic nitrogens is 3. The molecule has 0 saturated carbocycles. The molecular formula is C22H23ClN4O4S2. The SMILES string of the molecule is C=CCn1c(SCC(=O)Nc2sc(C)c(C)c2C(=O)OC)nnc1-c1cc(Cl)ccc1OC. The number of allylic oxidation sites excluding steroid dienone is 1. The van der Waals surface area contributed by atoms with Crippen molar-refractivity contribution in [3.8, 4) is 17.1 Å². The molecule has 8 nitrogen and oxygen atoms in total. The molecule has 0 spiro atoms. The molecule has 174 valence electrons. The van der Waals surface area contributed by atoms with E-state index in [4.69, 9.17) is 21.1 Å². The number of nitrogens with zero attached hydrogens (tertiary/aromatic N) is 3. The van der Waals surface area contributed by atoms with Crippen LogP contribution in [0.2, 0.25) is 5.02 Å². The number of hydrogen-bond acceptors (Lipinski definition) is 8. The number of halogens is 1. The molecule has 0 radical (unpaired) electrons. The van der Waals surface area contributed by atoms with Gasteiger partial charge in [-0.1, -0.05) is 29.4 Å². The summed E-state index contributed by atoms with van der Waals surface area (Å²) in [6.45, 7) is 7.95. The fourth-order valence-corrected chi connectivity index (χ4v) is 5.08. The highest BCUT2D eigenvalue weighted by Gasteiger charge is 2.23. The number of thiophene rings is 1. The van der Waals surface area contributed by atoms with Crippen LogP contribution in [-0.4, -0.2) is 46.6 Å². The van der Waals surface area contributed by atoms with Gasteiger partial charge in [0.2, 0.25) is 5.91 Å². The van der Waals surface area contributed by atoms with Crippen molar-refractivity contribution in [2.24, 2.45) is 0 Å². The van der Waals surface area contributed by atoms with Crippen molar-refractivity contribution in [1.29, 1.82) is 0 Å². The fraction of sp³-hybridized carbons (Fsp3) is 0.273. The maximum absolute atomic E-state index is 12.7. The van der Waals surface area contributed by atoms with Gasteiger partial charge in [-0.25, -0.2) is 4.79 Å². The Morgan fingerprint density at radius 2 is 2.06 bits per heavy atom. The Labute approximate surface area is 204 Å². The predicted octanol–water partition coefficient (Wildman–Crippen LogP) is 4.99. The quantitative estimate of drug-likeness (QED) is 0.248. The normalized spacial score (nSPS) is 10.7. The van der Waals surface area contributed by atoms with E-state index in [-0.39, 0.29) is 11.7 Å². The lowest BCUT2D eigenvalue weighted by Gasteiger charge is -2.11. The fourth-order valence-electron chi connectivity index (χ4n) is 3.10. The van der Waals surface area contributed by atoms with Crippen LogP contribution in [0.4, 0.5) is 5.00 Å². The zero-order chi connectivity index (χ0) is 24.1. The van der Waals surface area contributed by atoms with Crippen LogP contribution in [0.25, 0.3) is 11.4 Å². The molecule has 33 heavy (non-hydrogen) atoms. The Kier molecular flexibility index (Phi) is 8.17. The van der Waals surface area contributed by atoms with Crippen LogP contribution in [0.3, 0.4) is 0 Å². The van der Waals surface area contributed by atoms with Crippen LogP contribution in [0, 0.1) is 13.8 Å². The molecule has 0 fully saturated rings. The molecule has 0 aliphatic rings. The summed E-state index contributed by atoms with van der Waals surface area (Å²) in [6.07, 6.45) is 1.72. The second-order valence-electron chi connectivity index (χ2n) is 6.87. The molecule has 2 aromatic heterocycles. The van der Waals surface area contributed by atoms with Crippen molar-refractivity contribution < 1.29 is 19.1 Å². The van der Waals surface area contributed by atoms with Crippen molar-refractivity contribution >= 4 is 51.6 Å². The van der Waals surface area contributed by atoms with Crippen LogP contribution < -0.4 is 10.1 Å². The summed E-state index contributed by atoms with van der Waals surface area (Å²) in [6, 6.07) is 5.24. The standard InChI is InChI=1S/C22H23ClN4O4S2/c1-6-9-27-19(15-10-14(23)7-8-16(15)30-4)25-26-22(27)32-11-17(28)24-20-18(21(29)31-5)12(2)13(3)33-20/h6-8,10H,1,9,11H2,2-5H3,(H,24,28). The van der Waals surface area contributed by atoms with E-state index in [1.807, 2.05) is 18.4 Å². The minimum absolute atomic E-state index is 0.0680. The van der Waals surface area contributed by atoms with Crippen molar-refractivity contribution in [2.75, 3.05) is 25.3 Å². The van der Waals surface area contributed by atoms with Gasteiger partial charge in [0.1, 0.15) is 10.8 Å². The van der Waals surface area contributed by atoms with Crippen LogP contribution in [0.1, 0.15) is 20.8 Å². The van der Waals surface area contributed by atoms with Gasteiger partial charge in [0, 0.05) is 16.4 Å². The minimum atomic E-state index is -0.481. The first kappa shape index (κ1) is 24.8. The number of anilines is 1. The van der Waals surface area contributed by atoms with Crippen LogP contribution in [-0.2, 0) is 16.1 Å². The van der Waals surface area contributed by atoms with Gasteiger partial charge in [-0.2, -0.15) is 0 Å². The summed E-state index contributed by atoms with van der Waals surface area (Å²) in [7, 11) is 2.88. The molecule has 0 atom stereocenters. The van der Waals surface area contributed by atoms with Crippen LogP contribution in [0.15, 0.2) is 36.0 Å². The number of esters is 1. The zero-order valence-electron chi connectivity index (χ0n) is 18.6. The molecular weight excluding hydrogens is 484 g/mol. The Bertz CT molecular complexity index is 1210. The lowest BCUT2D eigenvalue weighted by molar-refractivity contribution is -0.113. The molecule has 3 aromatic rings. The topological polar surface area (TPSA) is 95.3 Å². The molecule has 1 aromatic carbocycles. The van der Waals surface area contributed by atoms with E-state index in [9.17, 15) is 9.59 Å². The summed E-state index contributed by atoms with van der Waals surface area (Å²) in [5.41, 5.74) is 1.85. The number of rotatable bonds is 9. The molecule has 0 aliphatic carbocycles.